The van der Waals surface area contributed by atoms with Gasteiger partial charge in [-0.3, -0.25) is 0 Å². The van der Waals surface area contributed by atoms with Gasteiger partial charge in [0.2, 0.25) is 0 Å². The number of nitriles is 1. The van der Waals surface area contributed by atoms with E-state index in [1.165, 1.54) is 25.7 Å². The third-order valence-corrected chi connectivity index (χ3v) is 5.21. The van der Waals surface area contributed by atoms with E-state index >= 15 is 0 Å². The van der Waals surface area contributed by atoms with Crippen molar-refractivity contribution in [1.29, 1.82) is 5.26 Å². The van der Waals surface area contributed by atoms with Gasteiger partial charge in [0.1, 0.15) is 6.07 Å². The molecule has 0 aliphatic carbocycles. The molecule has 0 aromatic heterocycles. The predicted octanol–water partition coefficient (Wildman–Crippen LogP) is 3.37. The number of rotatable bonds is 4. The van der Waals surface area contributed by atoms with E-state index in [1.54, 1.807) is 11.8 Å². The molecule has 0 amide bonds. The number of nitrogens with zero attached hydrogens (tertiary/aromatic N) is 1. The molecular weight excluding hydrogens is 266 g/mol. The van der Waals surface area contributed by atoms with Crippen molar-refractivity contribution in [2.45, 2.75) is 55.6 Å². The number of piperidine rings is 1. The van der Waals surface area contributed by atoms with Gasteiger partial charge in [0.05, 0.1) is 11.3 Å². The van der Waals surface area contributed by atoms with E-state index in [1.807, 2.05) is 12.1 Å². The maximum absolute atomic E-state index is 9.46. The maximum Gasteiger partial charge on any atom is 0.102 e. The Morgan fingerprint density at radius 1 is 1.35 bits per heavy atom. The highest BCUT2D eigenvalue weighted by Gasteiger charge is 2.33. The molecule has 2 fully saturated rings. The average Bonchev–Trinajstić information content (AvgIpc) is 2.79. The fourth-order valence-corrected chi connectivity index (χ4v) is 4.22. The Morgan fingerprint density at radius 3 is 2.75 bits per heavy atom. The molecular formula is C16H21N3S. The second kappa shape index (κ2) is 6.07. The summed E-state index contributed by atoms with van der Waals surface area (Å²) in [6, 6.07) is 10.4. The summed E-state index contributed by atoms with van der Waals surface area (Å²) in [7, 11) is 0. The van der Waals surface area contributed by atoms with E-state index in [-0.39, 0.29) is 0 Å². The molecule has 0 saturated carbocycles. The van der Waals surface area contributed by atoms with Crippen LogP contribution in [0.25, 0.3) is 0 Å². The minimum Gasteiger partial charge on any atom is -0.381 e. The zero-order chi connectivity index (χ0) is 13.9. The standard InChI is InChI=1S/C16H21N3S/c1-2-20-16-5-3-4-15(14(16)10-17)19-13-8-11-6-7-12(9-13)18-11/h3-5,11-13,18-19H,2,6-9H2,1H3. The molecule has 2 atom stereocenters. The smallest absolute Gasteiger partial charge is 0.102 e. The topological polar surface area (TPSA) is 47.8 Å². The van der Waals surface area contributed by atoms with Gasteiger partial charge < -0.3 is 10.6 Å². The van der Waals surface area contributed by atoms with E-state index in [0.29, 0.717) is 18.1 Å². The third-order valence-electron chi connectivity index (χ3n) is 4.27. The van der Waals surface area contributed by atoms with Gasteiger partial charge in [0, 0.05) is 23.0 Å². The van der Waals surface area contributed by atoms with E-state index in [0.717, 1.165) is 21.9 Å². The number of benzene rings is 1. The van der Waals surface area contributed by atoms with E-state index < -0.39 is 0 Å². The molecule has 2 heterocycles. The molecule has 4 heteroatoms. The highest BCUT2D eigenvalue weighted by Crippen LogP contribution is 2.32. The van der Waals surface area contributed by atoms with Crippen LogP contribution in [0.4, 0.5) is 5.69 Å². The average molecular weight is 287 g/mol. The van der Waals surface area contributed by atoms with Crippen LogP contribution in [0.15, 0.2) is 23.1 Å². The van der Waals surface area contributed by atoms with Gasteiger partial charge in [-0.15, -0.1) is 11.8 Å². The summed E-state index contributed by atoms with van der Waals surface area (Å²) >= 11 is 1.74. The Morgan fingerprint density at radius 2 is 2.10 bits per heavy atom. The first-order valence-corrected chi connectivity index (χ1v) is 8.47. The maximum atomic E-state index is 9.46. The SMILES string of the molecule is CCSc1cccc(NC2CC3CCC(C2)N3)c1C#N. The fraction of sp³-hybridized carbons (Fsp3) is 0.562. The molecule has 2 unspecified atom stereocenters. The van der Waals surface area contributed by atoms with Crippen molar-refractivity contribution in [3.05, 3.63) is 23.8 Å². The van der Waals surface area contributed by atoms with Crippen LogP contribution in [0.5, 0.6) is 0 Å². The zero-order valence-corrected chi connectivity index (χ0v) is 12.7. The Hall–Kier alpha value is -1.18. The highest BCUT2D eigenvalue weighted by atomic mass is 32.2. The molecule has 2 bridgehead atoms. The Bertz CT molecular complexity index is 511. The van der Waals surface area contributed by atoms with Crippen molar-refractivity contribution in [1.82, 2.24) is 5.32 Å². The fourth-order valence-electron chi connectivity index (χ4n) is 3.44. The Balaban J connectivity index is 1.77. The predicted molar refractivity (Wildman–Crippen MR) is 84.1 cm³/mol. The van der Waals surface area contributed by atoms with Crippen molar-refractivity contribution in [2.24, 2.45) is 0 Å². The summed E-state index contributed by atoms with van der Waals surface area (Å²) in [5, 5.41) is 16.7. The molecule has 2 N–H and O–H groups in total. The summed E-state index contributed by atoms with van der Waals surface area (Å²) in [6.45, 7) is 2.12. The second-order valence-electron chi connectivity index (χ2n) is 5.67. The molecule has 1 aromatic carbocycles. The summed E-state index contributed by atoms with van der Waals surface area (Å²) in [5.74, 6) is 0.996. The number of anilines is 1. The number of hydrogen-bond acceptors (Lipinski definition) is 4. The molecule has 2 saturated heterocycles. The molecule has 0 radical (unpaired) electrons. The molecule has 1 aromatic rings. The largest absolute Gasteiger partial charge is 0.381 e. The quantitative estimate of drug-likeness (QED) is 0.834. The lowest BCUT2D eigenvalue weighted by atomic mass is 9.99. The van der Waals surface area contributed by atoms with Gasteiger partial charge >= 0.3 is 0 Å². The summed E-state index contributed by atoms with van der Waals surface area (Å²) in [4.78, 5) is 1.09. The van der Waals surface area contributed by atoms with E-state index in [2.05, 4.69) is 29.7 Å². The lowest BCUT2D eigenvalue weighted by Gasteiger charge is -2.30. The lowest BCUT2D eigenvalue weighted by molar-refractivity contribution is 0.378. The van der Waals surface area contributed by atoms with Crippen LogP contribution in [0.3, 0.4) is 0 Å². The van der Waals surface area contributed by atoms with Crippen molar-refractivity contribution >= 4 is 17.4 Å². The Labute approximate surface area is 125 Å². The van der Waals surface area contributed by atoms with Crippen molar-refractivity contribution in [3.8, 4) is 6.07 Å². The number of fused-ring (bicyclic) bond motifs is 2. The molecule has 2 aliphatic heterocycles. The van der Waals surface area contributed by atoms with Crippen molar-refractivity contribution < 1.29 is 0 Å². The van der Waals surface area contributed by atoms with Gasteiger partial charge in [-0.05, 0) is 43.6 Å². The van der Waals surface area contributed by atoms with E-state index in [4.69, 9.17) is 0 Å². The van der Waals surface area contributed by atoms with Crippen LogP contribution in [-0.4, -0.2) is 23.9 Å². The van der Waals surface area contributed by atoms with Crippen LogP contribution in [-0.2, 0) is 0 Å². The normalized spacial score (nSPS) is 28.1. The molecule has 3 nitrogen and oxygen atoms in total. The summed E-state index contributed by atoms with van der Waals surface area (Å²) in [5.41, 5.74) is 1.82. The molecule has 106 valence electrons. The first kappa shape index (κ1) is 13.8. The Kier molecular flexibility index (Phi) is 4.18. The summed E-state index contributed by atoms with van der Waals surface area (Å²) < 4.78 is 0. The van der Waals surface area contributed by atoms with Crippen LogP contribution in [0.1, 0.15) is 38.2 Å². The summed E-state index contributed by atoms with van der Waals surface area (Å²) in [6.07, 6.45) is 4.96. The van der Waals surface area contributed by atoms with Crippen molar-refractivity contribution in [2.75, 3.05) is 11.1 Å². The molecule has 0 spiro atoms. The molecule has 20 heavy (non-hydrogen) atoms. The zero-order valence-electron chi connectivity index (χ0n) is 11.9. The van der Waals surface area contributed by atoms with Gasteiger partial charge in [0.25, 0.3) is 0 Å². The second-order valence-corrected chi connectivity index (χ2v) is 6.98. The van der Waals surface area contributed by atoms with Crippen LogP contribution in [0, 0.1) is 11.3 Å². The van der Waals surface area contributed by atoms with Gasteiger partial charge in [0.15, 0.2) is 0 Å². The van der Waals surface area contributed by atoms with E-state index in [9.17, 15) is 5.26 Å². The van der Waals surface area contributed by atoms with Crippen LogP contribution in [0.2, 0.25) is 0 Å². The van der Waals surface area contributed by atoms with Crippen LogP contribution < -0.4 is 10.6 Å². The molecule has 3 rings (SSSR count). The van der Waals surface area contributed by atoms with Gasteiger partial charge in [-0.2, -0.15) is 5.26 Å². The monoisotopic (exact) mass is 287 g/mol. The first-order valence-electron chi connectivity index (χ1n) is 7.48. The minimum absolute atomic E-state index is 0.503. The minimum atomic E-state index is 0.503. The van der Waals surface area contributed by atoms with Gasteiger partial charge in [-0.25, -0.2) is 0 Å². The lowest BCUT2D eigenvalue weighted by Crippen LogP contribution is -2.43. The first-order chi connectivity index (χ1) is 9.80. The number of nitrogens with one attached hydrogen (secondary N) is 2. The number of thioether (sulfide) groups is 1. The van der Waals surface area contributed by atoms with Crippen molar-refractivity contribution in [3.63, 3.8) is 0 Å². The van der Waals surface area contributed by atoms with Crippen LogP contribution >= 0.6 is 11.8 Å². The molecule has 2 aliphatic rings. The third kappa shape index (κ3) is 2.79. The highest BCUT2D eigenvalue weighted by molar-refractivity contribution is 7.99. The van der Waals surface area contributed by atoms with Gasteiger partial charge in [-0.1, -0.05) is 13.0 Å². The number of hydrogen-bond donors (Lipinski definition) is 2.